The van der Waals surface area contributed by atoms with Crippen LogP contribution in [0.3, 0.4) is 0 Å². The van der Waals surface area contributed by atoms with E-state index < -0.39 is 0 Å². The fourth-order valence-corrected chi connectivity index (χ4v) is 3.88. The predicted molar refractivity (Wildman–Crippen MR) is 100 cm³/mol. The summed E-state index contributed by atoms with van der Waals surface area (Å²) in [4.78, 5) is 29.5. The van der Waals surface area contributed by atoms with Gasteiger partial charge < -0.3 is 19.9 Å². The molecule has 1 saturated carbocycles. The average Bonchev–Trinajstić information content (AvgIpc) is 3.23. The van der Waals surface area contributed by atoms with E-state index in [9.17, 15) is 9.59 Å². The fourth-order valence-electron chi connectivity index (χ4n) is 3.88. The first-order valence-electron chi connectivity index (χ1n) is 9.62. The number of rotatable bonds is 6. The van der Waals surface area contributed by atoms with E-state index in [4.69, 9.17) is 4.74 Å². The lowest BCUT2D eigenvalue weighted by molar-refractivity contribution is -0.132. The van der Waals surface area contributed by atoms with Crippen LogP contribution < -0.4 is 10.1 Å². The van der Waals surface area contributed by atoms with Gasteiger partial charge in [0.15, 0.2) is 0 Å². The third kappa shape index (κ3) is 4.55. The molecule has 6 heteroatoms. The Kier molecular flexibility index (Phi) is 6.50. The highest BCUT2D eigenvalue weighted by Gasteiger charge is 2.28. The van der Waals surface area contributed by atoms with Crippen molar-refractivity contribution in [3.05, 3.63) is 29.8 Å². The first-order chi connectivity index (χ1) is 12.7. The van der Waals surface area contributed by atoms with E-state index in [0.29, 0.717) is 24.3 Å². The summed E-state index contributed by atoms with van der Waals surface area (Å²) in [5.41, 5.74) is 0.630. The maximum Gasteiger partial charge on any atom is 0.254 e. The highest BCUT2D eigenvalue weighted by Crippen LogP contribution is 2.26. The van der Waals surface area contributed by atoms with Gasteiger partial charge in [0.25, 0.3) is 5.91 Å². The molecule has 1 aromatic rings. The summed E-state index contributed by atoms with van der Waals surface area (Å²) in [7, 11) is 1.60. The molecule has 0 aromatic heterocycles. The molecule has 1 saturated heterocycles. The first-order valence-corrected chi connectivity index (χ1v) is 9.62. The van der Waals surface area contributed by atoms with Crippen LogP contribution in [0.5, 0.6) is 5.75 Å². The van der Waals surface area contributed by atoms with Gasteiger partial charge in [-0.25, -0.2) is 0 Å². The summed E-state index contributed by atoms with van der Waals surface area (Å²) in [5, 5.41) is 3.26. The van der Waals surface area contributed by atoms with Crippen LogP contribution in [-0.4, -0.2) is 67.5 Å². The number of amides is 2. The molecule has 6 nitrogen and oxygen atoms in total. The number of piperazine rings is 1. The molecule has 2 amide bonds. The van der Waals surface area contributed by atoms with E-state index in [1.807, 2.05) is 28.0 Å². The molecule has 0 radical (unpaired) electrons. The quantitative estimate of drug-likeness (QED) is 0.843. The lowest BCUT2D eigenvalue weighted by Crippen LogP contribution is -2.48. The first kappa shape index (κ1) is 18.7. The maximum absolute atomic E-state index is 13.1. The normalized spacial score (nSPS) is 18.0. The van der Waals surface area contributed by atoms with Crippen molar-refractivity contribution in [2.75, 3.05) is 39.8 Å². The van der Waals surface area contributed by atoms with Gasteiger partial charge in [-0.3, -0.25) is 9.59 Å². The Morgan fingerprint density at radius 1 is 1.23 bits per heavy atom. The van der Waals surface area contributed by atoms with Gasteiger partial charge >= 0.3 is 0 Å². The van der Waals surface area contributed by atoms with E-state index in [0.717, 1.165) is 51.9 Å². The predicted octanol–water partition coefficient (Wildman–Crippen LogP) is 1.90. The summed E-state index contributed by atoms with van der Waals surface area (Å²) < 4.78 is 5.25. The van der Waals surface area contributed by atoms with Crippen molar-refractivity contribution in [2.45, 2.75) is 38.1 Å². The molecule has 0 unspecified atom stereocenters. The Morgan fingerprint density at radius 3 is 2.65 bits per heavy atom. The molecule has 1 aromatic carbocycles. The highest BCUT2D eigenvalue weighted by molar-refractivity contribution is 5.95. The maximum atomic E-state index is 13.1. The van der Waals surface area contributed by atoms with Gasteiger partial charge in [-0.1, -0.05) is 18.9 Å². The summed E-state index contributed by atoms with van der Waals surface area (Å²) in [6.45, 7) is 3.70. The Morgan fingerprint density at radius 2 is 1.96 bits per heavy atom. The molecule has 1 N–H and O–H groups in total. The molecular weight excluding hydrogens is 330 g/mol. The summed E-state index contributed by atoms with van der Waals surface area (Å²) in [6.07, 6.45) is 4.75. The zero-order valence-corrected chi connectivity index (χ0v) is 15.6. The SMILES string of the molecule is COc1cccc(C(=O)N(CCC(=O)N2CCNCC2)C2CCCC2)c1. The van der Waals surface area contributed by atoms with Crippen molar-refractivity contribution in [2.24, 2.45) is 0 Å². The van der Waals surface area contributed by atoms with Crippen molar-refractivity contribution in [3.63, 3.8) is 0 Å². The third-order valence-corrected chi connectivity index (χ3v) is 5.38. The number of hydrogen-bond donors (Lipinski definition) is 1. The van der Waals surface area contributed by atoms with Gasteiger partial charge in [-0.05, 0) is 31.0 Å². The Hall–Kier alpha value is -2.08. The van der Waals surface area contributed by atoms with Gasteiger partial charge in [0.2, 0.25) is 5.91 Å². The Bertz CT molecular complexity index is 622. The molecule has 1 heterocycles. The number of methoxy groups -OCH3 is 1. The molecule has 1 aliphatic carbocycles. The van der Waals surface area contributed by atoms with Crippen LogP contribution in [0.25, 0.3) is 0 Å². The summed E-state index contributed by atoms with van der Waals surface area (Å²) >= 11 is 0. The lowest BCUT2D eigenvalue weighted by atomic mass is 10.1. The van der Waals surface area contributed by atoms with Gasteiger partial charge in [-0.2, -0.15) is 0 Å². The number of benzene rings is 1. The zero-order chi connectivity index (χ0) is 18.4. The van der Waals surface area contributed by atoms with Crippen LogP contribution in [0.15, 0.2) is 24.3 Å². The minimum Gasteiger partial charge on any atom is -0.497 e. The van der Waals surface area contributed by atoms with Crippen LogP contribution in [0.2, 0.25) is 0 Å². The van der Waals surface area contributed by atoms with E-state index in [1.54, 1.807) is 13.2 Å². The van der Waals surface area contributed by atoms with E-state index in [1.165, 1.54) is 0 Å². The van der Waals surface area contributed by atoms with E-state index in [-0.39, 0.29) is 17.9 Å². The van der Waals surface area contributed by atoms with Crippen molar-refractivity contribution in [1.29, 1.82) is 0 Å². The van der Waals surface area contributed by atoms with Crippen LogP contribution in [-0.2, 0) is 4.79 Å². The molecule has 142 valence electrons. The van der Waals surface area contributed by atoms with Gasteiger partial charge in [0.1, 0.15) is 5.75 Å². The molecule has 3 rings (SSSR count). The molecule has 0 spiro atoms. The topological polar surface area (TPSA) is 61.9 Å². The monoisotopic (exact) mass is 359 g/mol. The third-order valence-electron chi connectivity index (χ3n) is 5.38. The molecule has 2 aliphatic rings. The summed E-state index contributed by atoms with van der Waals surface area (Å²) in [5.74, 6) is 0.830. The number of hydrogen-bond acceptors (Lipinski definition) is 4. The van der Waals surface area contributed by atoms with Crippen molar-refractivity contribution in [3.8, 4) is 5.75 Å². The molecule has 0 atom stereocenters. The Balaban J connectivity index is 1.68. The largest absolute Gasteiger partial charge is 0.497 e. The second-order valence-electron chi connectivity index (χ2n) is 7.05. The van der Waals surface area contributed by atoms with Crippen LogP contribution in [0.1, 0.15) is 42.5 Å². The second-order valence-corrected chi connectivity index (χ2v) is 7.05. The minimum atomic E-state index is 0.00362. The number of nitrogens with one attached hydrogen (secondary N) is 1. The molecule has 2 fully saturated rings. The van der Waals surface area contributed by atoms with Gasteiger partial charge in [0.05, 0.1) is 7.11 Å². The Labute approximate surface area is 155 Å². The van der Waals surface area contributed by atoms with E-state index in [2.05, 4.69) is 5.32 Å². The number of carbonyl (C=O) groups is 2. The number of nitrogens with zero attached hydrogens (tertiary/aromatic N) is 2. The van der Waals surface area contributed by atoms with Gasteiger partial charge in [-0.15, -0.1) is 0 Å². The average molecular weight is 359 g/mol. The number of carbonyl (C=O) groups excluding carboxylic acids is 2. The summed E-state index contributed by atoms with van der Waals surface area (Å²) in [6, 6.07) is 7.52. The molecular formula is C20H29N3O3. The van der Waals surface area contributed by atoms with Crippen molar-refractivity contribution < 1.29 is 14.3 Å². The van der Waals surface area contributed by atoms with Crippen LogP contribution in [0, 0.1) is 0 Å². The fraction of sp³-hybridized carbons (Fsp3) is 0.600. The number of ether oxygens (including phenoxy) is 1. The minimum absolute atomic E-state index is 0.00362. The van der Waals surface area contributed by atoms with Gasteiger partial charge in [0, 0.05) is 50.7 Å². The van der Waals surface area contributed by atoms with Crippen LogP contribution in [0.4, 0.5) is 0 Å². The van der Waals surface area contributed by atoms with Crippen LogP contribution >= 0.6 is 0 Å². The van der Waals surface area contributed by atoms with E-state index >= 15 is 0 Å². The second kappa shape index (κ2) is 9.03. The molecule has 0 bridgehead atoms. The standard InChI is InChI=1S/C20H29N3O3/c1-26-18-8-4-5-16(15-18)20(25)23(17-6-2-3-7-17)12-9-19(24)22-13-10-21-11-14-22/h4-5,8,15,17,21H,2-3,6-7,9-14H2,1H3. The van der Waals surface area contributed by atoms with Crippen molar-refractivity contribution >= 4 is 11.8 Å². The molecule has 26 heavy (non-hydrogen) atoms. The molecule has 1 aliphatic heterocycles. The van der Waals surface area contributed by atoms with Crippen molar-refractivity contribution in [1.82, 2.24) is 15.1 Å². The smallest absolute Gasteiger partial charge is 0.254 e. The highest BCUT2D eigenvalue weighted by atomic mass is 16.5. The lowest BCUT2D eigenvalue weighted by Gasteiger charge is -2.31. The zero-order valence-electron chi connectivity index (χ0n) is 15.6.